The molecule has 0 aromatic heterocycles. The molecule has 8 heteroatoms. The van der Waals surface area contributed by atoms with Crippen molar-refractivity contribution in [2.24, 2.45) is 0 Å². The van der Waals surface area contributed by atoms with Gasteiger partial charge < -0.3 is 9.47 Å². The van der Waals surface area contributed by atoms with E-state index in [0.717, 1.165) is 6.07 Å². The Morgan fingerprint density at radius 2 is 2.00 bits per heavy atom. The first-order valence-electron chi connectivity index (χ1n) is 6.20. The van der Waals surface area contributed by atoms with Gasteiger partial charge in [-0.3, -0.25) is 0 Å². The molecule has 1 atom stereocenters. The lowest BCUT2D eigenvalue weighted by Crippen LogP contribution is -2.21. The average Bonchev–Trinajstić information content (AvgIpc) is 2.37. The normalized spacial score (nSPS) is 13.0. The van der Waals surface area contributed by atoms with E-state index in [9.17, 15) is 13.2 Å². The molecule has 21 heavy (non-hydrogen) atoms. The van der Waals surface area contributed by atoms with Crippen LogP contribution in [0, 0.1) is 6.92 Å². The fourth-order valence-electron chi connectivity index (χ4n) is 1.57. The quantitative estimate of drug-likeness (QED) is 0.579. The van der Waals surface area contributed by atoms with E-state index in [-0.39, 0.29) is 22.1 Å². The summed E-state index contributed by atoms with van der Waals surface area (Å²) in [5.74, 6) is -0.677. The highest BCUT2D eigenvalue weighted by molar-refractivity contribution is 8.13. The first kappa shape index (κ1) is 18.2. The molecule has 118 valence electrons. The van der Waals surface area contributed by atoms with E-state index in [1.807, 2.05) is 6.92 Å². The maximum Gasteiger partial charge on any atom is 0.338 e. The summed E-state index contributed by atoms with van der Waals surface area (Å²) in [5.41, 5.74) is 0.486. The van der Waals surface area contributed by atoms with Crippen LogP contribution < -0.4 is 0 Å². The third-order valence-corrected chi connectivity index (χ3v) is 4.41. The molecule has 0 fully saturated rings. The molecular formula is C13H16Cl2O5S. The van der Waals surface area contributed by atoms with Gasteiger partial charge in [0, 0.05) is 22.3 Å². The molecule has 0 N–H and O–H groups in total. The number of carbonyl (C=O) groups is 1. The molecule has 1 unspecified atom stereocenters. The summed E-state index contributed by atoms with van der Waals surface area (Å²) in [6.45, 7) is 5.85. The molecule has 0 aliphatic carbocycles. The second kappa shape index (κ2) is 7.45. The van der Waals surface area contributed by atoms with Crippen LogP contribution in [0.4, 0.5) is 0 Å². The van der Waals surface area contributed by atoms with Gasteiger partial charge in [-0.2, -0.15) is 0 Å². The summed E-state index contributed by atoms with van der Waals surface area (Å²) < 4.78 is 33.1. The highest BCUT2D eigenvalue weighted by Gasteiger charge is 2.21. The van der Waals surface area contributed by atoms with Crippen molar-refractivity contribution in [2.45, 2.75) is 31.8 Å². The Morgan fingerprint density at radius 1 is 1.38 bits per heavy atom. The smallest absolute Gasteiger partial charge is 0.338 e. The summed E-state index contributed by atoms with van der Waals surface area (Å²) >= 11 is 5.93. The van der Waals surface area contributed by atoms with Crippen molar-refractivity contribution in [2.75, 3.05) is 13.2 Å². The molecule has 0 aliphatic rings. The minimum atomic E-state index is -3.99. The van der Waals surface area contributed by atoms with Crippen molar-refractivity contribution in [3.63, 3.8) is 0 Å². The Morgan fingerprint density at radius 3 is 2.52 bits per heavy atom. The molecule has 0 saturated carbocycles. The maximum absolute atomic E-state index is 12.1. The van der Waals surface area contributed by atoms with Crippen LogP contribution in [0.3, 0.4) is 0 Å². The van der Waals surface area contributed by atoms with E-state index in [0.29, 0.717) is 12.2 Å². The van der Waals surface area contributed by atoms with Crippen molar-refractivity contribution in [1.82, 2.24) is 0 Å². The zero-order valence-electron chi connectivity index (χ0n) is 11.9. The predicted molar refractivity (Wildman–Crippen MR) is 80.6 cm³/mol. The van der Waals surface area contributed by atoms with Gasteiger partial charge in [0.1, 0.15) is 6.10 Å². The SMILES string of the molecule is CCOCC(C)OC(=O)c1cc(S(=O)(=O)Cl)cc(Cl)c1C. The van der Waals surface area contributed by atoms with Gasteiger partial charge in [-0.05, 0) is 38.5 Å². The standard InChI is InChI=1S/C13H16Cl2O5S/c1-4-19-7-8(2)20-13(16)11-5-10(21(15,17)18)6-12(14)9(11)3/h5-6,8H,4,7H2,1-3H3. The lowest BCUT2D eigenvalue weighted by Gasteiger charge is -2.15. The Kier molecular flexibility index (Phi) is 6.46. The largest absolute Gasteiger partial charge is 0.457 e. The molecule has 0 bridgehead atoms. The van der Waals surface area contributed by atoms with E-state index >= 15 is 0 Å². The molecule has 0 saturated heterocycles. The van der Waals surface area contributed by atoms with Gasteiger partial charge in [-0.15, -0.1) is 0 Å². The van der Waals surface area contributed by atoms with Crippen LogP contribution in [0.1, 0.15) is 29.8 Å². The van der Waals surface area contributed by atoms with E-state index in [2.05, 4.69) is 0 Å². The number of ether oxygens (including phenoxy) is 2. The topological polar surface area (TPSA) is 69.7 Å². The van der Waals surface area contributed by atoms with Gasteiger partial charge in [-0.1, -0.05) is 11.6 Å². The van der Waals surface area contributed by atoms with Crippen molar-refractivity contribution >= 4 is 37.3 Å². The number of hydrogen-bond donors (Lipinski definition) is 0. The molecule has 1 aromatic rings. The molecule has 5 nitrogen and oxygen atoms in total. The third kappa shape index (κ3) is 5.14. The van der Waals surface area contributed by atoms with E-state index in [1.165, 1.54) is 6.07 Å². The zero-order chi connectivity index (χ0) is 16.2. The zero-order valence-corrected chi connectivity index (χ0v) is 14.2. The van der Waals surface area contributed by atoms with Gasteiger partial charge in [0.05, 0.1) is 17.1 Å². The summed E-state index contributed by atoms with van der Waals surface area (Å²) in [7, 11) is 1.29. The molecule has 0 heterocycles. The van der Waals surface area contributed by atoms with E-state index in [1.54, 1.807) is 13.8 Å². The average molecular weight is 355 g/mol. The monoisotopic (exact) mass is 354 g/mol. The third-order valence-electron chi connectivity index (χ3n) is 2.68. The second-order valence-corrected chi connectivity index (χ2v) is 7.36. The lowest BCUT2D eigenvalue weighted by atomic mass is 10.1. The Hall–Kier alpha value is -0.820. The Balaban J connectivity index is 3.06. The number of hydrogen-bond acceptors (Lipinski definition) is 5. The molecule has 0 radical (unpaired) electrons. The van der Waals surface area contributed by atoms with Crippen LogP contribution in [0.2, 0.25) is 5.02 Å². The van der Waals surface area contributed by atoms with Crippen LogP contribution in [-0.2, 0) is 18.5 Å². The van der Waals surface area contributed by atoms with Crippen LogP contribution in [0.25, 0.3) is 0 Å². The number of esters is 1. The predicted octanol–water partition coefficient (Wildman–Crippen LogP) is 3.16. The number of benzene rings is 1. The second-order valence-electron chi connectivity index (χ2n) is 4.39. The van der Waals surface area contributed by atoms with Gasteiger partial charge in [-0.25, -0.2) is 13.2 Å². The highest BCUT2D eigenvalue weighted by atomic mass is 35.7. The van der Waals surface area contributed by atoms with Crippen LogP contribution in [-0.4, -0.2) is 33.7 Å². The fraction of sp³-hybridized carbons (Fsp3) is 0.462. The van der Waals surface area contributed by atoms with E-state index in [4.69, 9.17) is 31.8 Å². The van der Waals surface area contributed by atoms with Gasteiger partial charge >= 0.3 is 5.97 Å². The first-order valence-corrected chi connectivity index (χ1v) is 8.89. The summed E-state index contributed by atoms with van der Waals surface area (Å²) in [5, 5.41) is 0.126. The van der Waals surface area contributed by atoms with Crippen molar-refractivity contribution in [3.8, 4) is 0 Å². The van der Waals surface area contributed by atoms with Crippen LogP contribution >= 0.6 is 22.3 Å². The van der Waals surface area contributed by atoms with Crippen LogP contribution in [0.15, 0.2) is 17.0 Å². The van der Waals surface area contributed by atoms with Crippen molar-refractivity contribution in [3.05, 3.63) is 28.3 Å². The van der Waals surface area contributed by atoms with Crippen molar-refractivity contribution in [1.29, 1.82) is 0 Å². The minimum absolute atomic E-state index is 0.0603. The molecule has 0 spiro atoms. The molecule has 0 aliphatic heterocycles. The van der Waals surface area contributed by atoms with Crippen molar-refractivity contribution < 1.29 is 22.7 Å². The number of rotatable bonds is 6. The molecule has 0 amide bonds. The Labute approximate surface area is 133 Å². The maximum atomic E-state index is 12.1. The molecule has 1 rings (SSSR count). The van der Waals surface area contributed by atoms with E-state index < -0.39 is 21.1 Å². The molecular weight excluding hydrogens is 339 g/mol. The number of carbonyl (C=O) groups excluding carboxylic acids is 1. The lowest BCUT2D eigenvalue weighted by molar-refractivity contribution is 0.00431. The van der Waals surface area contributed by atoms with Gasteiger partial charge in [0.25, 0.3) is 9.05 Å². The van der Waals surface area contributed by atoms with Gasteiger partial charge in [0.15, 0.2) is 0 Å². The van der Waals surface area contributed by atoms with Gasteiger partial charge in [0.2, 0.25) is 0 Å². The fourth-order valence-corrected chi connectivity index (χ4v) is 2.64. The summed E-state index contributed by atoms with van der Waals surface area (Å²) in [6, 6.07) is 2.35. The van der Waals surface area contributed by atoms with Crippen LogP contribution in [0.5, 0.6) is 0 Å². The first-order chi connectivity index (χ1) is 9.66. The highest BCUT2D eigenvalue weighted by Crippen LogP contribution is 2.27. The summed E-state index contributed by atoms with van der Waals surface area (Å²) in [4.78, 5) is 11.9. The Bertz CT molecular complexity index is 628. The summed E-state index contributed by atoms with van der Waals surface area (Å²) in [6.07, 6.45) is -0.466. The molecule has 1 aromatic carbocycles. The minimum Gasteiger partial charge on any atom is -0.457 e. The number of halogens is 2.